The van der Waals surface area contributed by atoms with Crippen molar-refractivity contribution in [1.29, 1.82) is 0 Å². The van der Waals surface area contributed by atoms with Crippen molar-refractivity contribution in [2.75, 3.05) is 13.2 Å². The lowest BCUT2D eigenvalue weighted by Crippen LogP contribution is -2.65. The first-order valence-corrected chi connectivity index (χ1v) is 16.9. The highest BCUT2D eigenvalue weighted by Gasteiger charge is 2.61. The molecular weight excluding hydrogens is 526 g/mol. The van der Waals surface area contributed by atoms with Crippen LogP contribution < -0.4 is 10.4 Å². The molecule has 1 aliphatic carbocycles. The van der Waals surface area contributed by atoms with E-state index in [0.29, 0.717) is 6.54 Å². The summed E-state index contributed by atoms with van der Waals surface area (Å²) in [6, 6.07) is 30.1. The fraction of sp³-hybridized carbons (Fsp3) is 0.429. The smallest absolute Gasteiger partial charge is 0.318 e. The van der Waals surface area contributed by atoms with Crippen molar-refractivity contribution >= 4 is 30.6 Å². The zero-order valence-electron chi connectivity index (χ0n) is 24.8. The van der Waals surface area contributed by atoms with Gasteiger partial charge in [0.2, 0.25) is 5.91 Å². The minimum Gasteiger partial charge on any atom is -0.465 e. The Morgan fingerprint density at radius 2 is 1.49 bits per heavy atom. The Balaban J connectivity index is 1.43. The number of hydrogen-bond donors (Lipinski definition) is 1. The second-order valence-corrected chi connectivity index (χ2v) is 16.5. The Labute approximate surface area is 245 Å². The average Bonchev–Trinajstić information content (AvgIpc) is 3.71. The summed E-state index contributed by atoms with van der Waals surface area (Å²) in [5.74, 6) is -1.38. The van der Waals surface area contributed by atoms with Crippen molar-refractivity contribution in [3.05, 3.63) is 96.6 Å². The summed E-state index contributed by atoms with van der Waals surface area (Å²) in [4.78, 5) is 41.7. The molecule has 3 aromatic rings. The van der Waals surface area contributed by atoms with Gasteiger partial charge >= 0.3 is 5.97 Å². The SMILES string of the molecule is CCOC(=O)C1C(=O)N([C@@H](C)c2ccccc2)C[C@H]1C1(CCC(C)(C)[Si](O)(c2ccccc2)c2ccccc2)CC1. The van der Waals surface area contributed by atoms with E-state index in [1.807, 2.05) is 78.6 Å². The molecule has 41 heavy (non-hydrogen) atoms. The van der Waals surface area contributed by atoms with E-state index >= 15 is 0 Å². The molecule has 1 N–H and O–H groups in total. The first-order valence-electron chi connectivity index (χ1n) is 15.0. The maximum absolute atomic E-state index is 13.8. The van der Waals surface area contributed by atoms with E-state index < -0.39 is 20.2 Å². The van der Waals surface area contributed by atoms with Crippen LogP contribution >= 0.6 is 0 Å². The number of benzene rings is 3. The number of rotatable bonds is 11. The standard InChI is InChI=1S/C35H43NO4Si/c1-5-40-33(38)31-30(25-36(32(31)37)26(2)27-15-9-6-10-16-27)35(23-24-35)22-21-34(3,4)41(39,28-17-11-7-12-18-28)29-19-13-8-14-20-29/h6-20,26,30-31,39H,5,21-25H2,1-4H3/t26-,30+,31?/m0/s1. The Hall–Kier alpha value is -3.22. The van der Waals surface area contributed by atoms with Gasteiger partial charge in [0.05, 0.1) is 12.6 Å². The van der Waals surface area contributed by atoms with E-state index in [0.717, 1.165) is 41.6 Å². The van der Waals surface area contributed by atoms with Gasteiger partial charge in [-0.15, -0.1) is 0 Å². The molecule has 1 aliphatic heterocycles. The fourth-order valence-corrected chi connectivity index (χ4v) is 10.8. The van der Waals surface area contributed by atoms with Crippen LogP contribution in [-0.2, 0) is 14.3 Å². The minimum absolute atomic E-state index is 0.0979. The monoisotopic (exact) mass is 569 g/mol. The summed E-state index contributed by atoms with van der Waals surface area (Å²) in [6.07, 6.45) is 3.63. The topological polar surface area (TPSA) is 66.8 Å². The van der Waals surface area contributed by atoms with Crippen LogP contribution in [0.2, 0.25) is 5.04 Å². The lowest BCUT2D eigenvalue weighted by Gasteiger charge is -2.42. The van der Waals surface area contributed by atoms with Gasteiger partial charge < -0.3 is 14.4 Å². The molecule has 3 atom stereocenters. The van der Waals surface area contributed by atoms with Gasteiger partial charge in [-0.1, -0.05) is 105 Å². The lowest BCUT2D eigenvalue weighted by molar-refractivity contribution is -0.154. The molecule has 1 unspecified atom stereocenters. The lowest BCUT2D eigenvalue weighted by atomic mass is 9.77. The molecular formula is C35H43NO4Si. The first kappa shape index (κ1) is 29.3. The van der Waals surface area contributed by atoms with Crippen molar-refractivity contribution in [1.82, 2.24) is 4.90 Å². The molecule has 6 heteroatoms. The molecule has 0 spiro atoms. The molecule has 1 heterocycles. The zero-order chi connectivity index (χ0) is 29.3. The quantitative estimate of drug-likeness (QED) is 0.189. The molecule has 0 bridgehead atoms. The maximum atomic E-state index is 13.8. The molecule has 1 saturated carbocycles. The van der Waals surface area contributed by atoms with Gasteiger partial charge in [0.15, 0.2) is 0 Å². The number of likely N-dealkylation sites (tertiary alicyclic amines) is 1. The number of esters is 1. The summed E-state index contributed by atoms with van der Waals surface area (Å²) in [5, 5.41) is 1.62. The largest absolute Gasteiger partial charge is 0.465 e. The maximum Gasteiger partial charge on any atom is 0.318 e. The Bertz CT molecular complexity index is 1300. The minimum atomic E-state index is -3.15. The number of ether oxygens (including phenoxy) is 1. The van der Waals surface area contributed by atoms with E-state index in [9.17, 15) is 14.4 Å². The van der Waals surface area contributed by atoms with Crippen LogP contribution in [0, 0.1) is 17.3 Å². The highest BCUT2D eigenvalue weighted by atomic mass is 28.4. The molecule has 2 fully saturated rings. The molecule has 2 aliphatic rings. The third kappa shape index (κ3) is 5.40. The van der Waals surface area contributed by atoms with Gasteiger partial charge in [0.1, 0.15) is 5.92 Å². The Kier molecular flexibility index (Phi) is 8.26. The van der Waals surface area contributed by atoms with Crippen LogP contribution in [0.25, 0.3) is 0 Å². The predicted molar refractivity (Wildman–Crippen MR) is 165 cm³/mol. The molecule has 216 valence electrons. The number of carbonyl (C=O) groups excluding carboxylic acids is 2. The molecule has 1 amide bonds. The van der Waals surface area contributed by atoms with Crippen LogP contribution in [0.4, 0.5) is 0 Å². The number of amides is 1. The van der Waals surface area contributed by atoms with Crippen LogP contribution in [0.3, 0.4) is 0 Å². The van der Waals surface area contributed by atoms with E-state index in [-0.39, 0.29) is 34.9 Å². The van der Waals surface area contributed by atoms with Crippen LogP contribution in [0.5, 0.6) is 0 Å². The summed E-state index contributed by atoms with van der Waals surface area (Å²) < 4.78 is 5.48. The van der Waals surface area contributed by atoms with E-state index in [1.54, 1.807) is 6.92 Å². The third-order valence-electron chi connectivity index (χ3n) is 9.92. The van der Waals surface area contributed by atoms with E-state index in [1.165, 1.54) is 0 Å². The molecule has 0 radical (unpaired) electrons. The second-order valence-electron chi connectivity index (χ2n) is 12.6. The van der Waals surface area contributed by atoms with Gasteiger partial charge in [-0.2, -0.15) is 0 Å². The summed E-state index contributed by atoms with van der Waals surface area (Å²) in [5.41, 5.74) is 0.954. The van der Waals surface area contributed by atoms with Crippen LogP contribution in [-0.4, -0.2) is 43.0 Å². The van der Waals surface area contributed by atoms with Crippen molar-refractivity contribution in [2.45, 2.75) is 64.5 Å². The van der Waals surface area contributed by atoms with Crippen molar-refractivity contribution < 1.29 is 19.1 Å². The Morgan fingerprint density at radius 1 is 0.976 bits per heavy atom. The number of nitrogens with zero attached hydrogens (tertiary/aromatic N) is 1. The second kappa shape index (κ2) is 11.6. The van der Waals surface area contributed by atoms with Crippen molar-refractivity contribution in [3.63, 3.8) is 0 Å². The van der Waals surface area contributed by atoms with Crippen molar-refractivity contribution in [2.24, 2.45) is 17.3 Å². The molecule has 5 nitrogen and oxygen atoms in total. The Morgan fingerprint density at radius 3 is 1.98 bits per heavy atom. The van der Waals surface area contributed by atoms with Gasteiger partial charge in [0, 0.05) is 12.5 Å². The summed E-state index contributed by atoms with van der Waals surface area (Å²) >= 11 is 0. The van der Waals surface area contributed by atoms with Gasteiger partial charge in [0.25, 0.3) is 8.32 Å². The van der Waals surface area contributed by atoms with Crippen LogP contribution in [0.15, 0.2) is 91.0 Å². The molecule has 5 rings (SSSR count). The normalized spacial score (nSPS) is 21.0. The molecule has 1 saturated heterocycles. The first-order chi connectivity index (χ1) is 19.6. The highest BCUT2D eigenvalue weighted by molar-refractivity contribution is 6.98. The van der Waals surface area contributed by atoms with Gasteiger partial charge in [-0.3, -0.25) is 9.59 Å². The average molecular weight is 570 g/mol. The molecule has 0 aromatic heterocycles. The molecule has 3 aromatic carbocycles. The predicted octanol–water partition coefficient (Wildman–Crippen LogP) is 5.48. The number of hydrogen-bond acceptors (Lipinski definition) is 4. The highest BCUT2D eigenvalue weighted by Crippen LogP contribution is 2.62. The third-order valence-corrected chi connectivity index (χ3v) is 14.5. The van der Waals surface area contributed by atoms with Crippen LogP contribution in [0.1, 0.15) is 65.0 Å². The van der Waals surface area contributed by atoms with Gasteiger partial charge in [-0.25, -0.2) is 0 Å². The summed E-state index contributed by atoms with van der Waals surface area (Å²) in [6.45, 7) is 9.05. The van der Waals surface area contributed by atoms with Gasteiger partial charge in [-0.05, 0) is 65.9 Å². The number of carbonyl (C=O) groups is 2. The van der Waals surface area contributed by atoms with Crippen molar-refractivity contribution in [3.8, 4) is 0 Å². The summed E-state index contributed by atoms with van der Waals surface area (Å²) in [7, 11) is -3.15. The van der Waals surface area contributed by atoms with E-state index in [2.05, 4.69) is 38.1 Å². The fourth-order valence-electron chi connectivity index (χ4n) is 7.08. The van der Waals surface area contributed by atoms with E-state index in [4.69, 9.17) is 4.74 Å². The zero-order valence-corrected chi connectivity index (χ0v) is 25.8.